The summed E-state index contributed by atoms with van der Waals surface area (Å²) in [6, 6.07) is 0.165. The number of nitrogens with zero attached hydrogens (tertiary/aromatic N) is 2. The summed E-state index contributed by atoms with van der Waals surface area (Å²) in [7, 11) is 0. The summed E-state index contributed by atoms with van der Waals surface area (Å²) < 4.78 is 0.790. The summed E-state index contributed by atoms with van der Waals surface area (Å²) in [4.78, 5) is 19.9. The Morgan fingerprint density at radius 2 is 1.85 bits per heavy atom. The number of rotatable bonds is 8. The first-order valence-electron chi connectivity index (χ1n) is 6.82. The Labute approximate surface area is 128 Å². The van der Waals surface area contributed by atoms with Crippen molar-refractivity contribution in [3.63, 3.8) is 0 Å². The maximum atomic E-state index is 11.5. The predicted octanol–water partition coefficient (Wildman–Crippen LogP) is 2.39. The molecular formula is C13H22BrN5O. The van der Waals surface area contributed by atoms with Crippen LogP contribution >= 0.6 is 15.9 Å². The maximum absolute atomic E-state index is 11.5. The van der Waals surface area contributed by atoms with Crippen molar-refractivity contribution in [1.82, 2.24) is 15.3 Å². The molecule has 0 aliphatic heterocycles. The monoisotopic (exact) mass is 343 g/mol. The molecule has 0 aliphatic rings. The molecule has 0 fully saturated rings. The van der Waals surface area contributed by atoms with Crippen LogP contribution in [-0.2, 0) is 4.79 Å². The molecule has 0 saturated carbocycles. The zero-order chi connectivity index (χ0) is 15.0. The van der Waals surface area contributed by atoms with E-state index < -0.39 is 0 Å². The first kappa shape index (κ1) is 16.7. The zero-order valence-corrected chi connectivity index (χ0v) is 13.7. The smallest absolute Gasteiger partial charge is 0.221 e. The van der Waals surface area contributed by atoms with Crippen molar-refractivity contribution in [1.29, 1.82) is 0 Å². The van der Waals surface area contributed by atoms with Crippen molar-refractivity contribution in [3.8, 4) is 0 Å². The molecule has 7 heteroatoms. The summed E-state index contributed by atoms with van der Waals surface area (Å²) in [6.45, 7) is 7.36. The van der Waals surface area contributed by atoms with Crippen molar-refractivity contribution in [2.45, 2.75) is 39.7 Å². The van der Waals surface area contributed by atoms with E-state index in [1.807, 2.05) is 13.8 Å². The Morgan fingerprint density at radius 1 is 1.25 bits per heavy atom. The average molecular weight is 344 g/mol. The summed E-state index contributed by atoms with van der Waals surface area (Å²) >= 11 is 3.47. The second-order valence-corrected chi connectivity index (χ2v) is 5.50. The SMILES string of the molecule is CCCNc1ncnc(NCCC(=O)NC(C)C)c1Br. The molecule has 112 valence electrons. The number of aromatic nitrogens is 2. The Kier molecular flexibility index (Phi) is 7.28. The van der Waals surface area contributed by atoms with E-state index in [0.717, 1.165) is 23.3 Å². The fraction of sp³-hybridized carbons (Fsp3) is 0.615. The second kappa shape index (κ2) is 8.73. The van der Waals surface area contributed by atoms with Crippen LogP contribution in [0.15, 0.2) is 10.8 Å². The van der Waals surface area contributed by atoms with Crippen LogP contribution in [0.2, 0.25) is 0 Å². The zero-order valence-electron chi connectivity index (χ0n) is 12.2. The largest absolute Gasteiger partial charge is 0.369 e. The highest BCUT2D eigenvalue weighted by atomic mass is 79.9. The van der Waals surface area contributed by atoms with E-state index in [4.69, 9.17) is 0 Å². The molecule has 0 aromatic carbocycles. The molecule has 0 spiro atoms. The van der Waals surface area contributed by atoms with Gasteiger partial charge in [0.15, 0.2) is 0 Å². The third-order valence-corrected chi connectivity index (χ3v) is 3.18. The lowest BCUT2D eigenvalue weighted by Crippen LogP contribution is -2.31. The quantitative estimate of drug-likeness (QED) is 0.675. The summed E-state index contributed by atoms with van der Waals surface area (Å²) in [6.07, 6.45) is 2.93. The van der Waals surface area contributed by atoms with Crippen molar-refractivity contribution < 1.29 is 4.79 Å². The Morgan fingerprint density at radius 3 is 2.40 bits per heavy atom. The van der Waals surface area contributed by atoms with E-state index in [0.29, 0.717) is 18.8 Å². The Balaban J connectivity index is 2.49. The van der Waals surface area contributed by atoms with E-state index in [-0.39, 0.29) is 11.9 Å². The number of hydrogen-bond donors (Lipinski definition) is 3. The van der Waals surface area contributed by atoms with Gasteiger partial charge in [0.2, 0.25) is 5.91 Å². The lowest BCUT2D eigenvalue weighted by molar-refractivity contribution is -0.121. The number of carbonyl (C=O) groups is 1. The van der Waals surface area contributed by atoms with E-state index in [9.17, 15) is 4.79 Å². The van der Waals surface area contributed by atoms with E-state index in [2.05, 4.69) is 48.8 Å². The van der Waals surface area contributed by atoms with Gasteiger partial charge in [0, 0.05) is 25.6 Å². The highest BCUT2D eigenvalue weighted by molar-refractivity contribution is 9.10. The fourth-order valence-electron chi connectivity index (χ4n) is 1.55. The van der Waals surface area contributed by atoms with Crippen LogP contribution in [0.25, 0.3) is 0 Å². The van der Waals surface area contributed by atoms with Crippen LogP contribution in [0.1, 0.15) is 33.6 Å². The number of hydrogen-bond acceptors (Lipinski definition) is 5. The predicted molar refractivity (Wildman–Crippen MR) is 84.9 cm³/mol. The topological polar surface area (TPSA) is 78.9 Å². The van der Waals surface area contributed by atoms with Gasteiger partial charge in [-0.3, -0.25) is 4.79 Å². The van der Waals surface area contributed by atoms with Gasteiger partial charge in [0.1, 0.15) is 22.4 Å². The van der Waals surface area contributed by atoms with Crippen LogP contribution < -0.4 is 16.0 Å². The minimum atomic E-state index is 0.0296. The van der Waals surface area contributed by atoms with Crippen molar-refractivity contribution >= 4 is 33.5 Å². The summed E-state index contributed by atoms with van der Waals surface area (Å²) in [5.41, 5.74) is 0. The number of anilines is 2. The van der Waals surface area contributed by atoms with E-state index in [1.165, 1.54) is 6.33 Å². The lowest BCUT2D eigenvalue weighted by atomic mass is 10.3. The molecule has 0 aliphatic carbocycles. The van der Waals surface area contributed by atoms with Crippen molar-refractivity contribution in [3.05, 3.63) is 10.8 Å². The number of halogens is 1. The molecule has 0 atom stereocenters. The molecule has 0 bridgehead atoms. The van der Waals surface area contributed by atoms with Crippen LogP contribution in [0.4, 0.5) is 11.6 Å². The Bertz CT molecular complexity index is 439. The second-order valence-electron chi connectivity index (χ2n) is 4.71. The van der Waals surface area contributed by atoms with Gasteiger partial charge in [0.25, 0.3) is 0 Å². The molecule has 1 aromatic heterocycles. The van der Waals surface area contributed by atoms with E-state index in [1.54, 1.807) is 0 Å². The van der Waals surface area contributed by atoms with Gasteiger partial charge in [-0.2, -0.15) is 0 Å². The van der Waals surface area contributed by atoms with Crippen LogP contribution in [0.3, 0.4) is 0 Å². The first-order chi connectivity index (χ1) is 9.54. The molecule has 0 radical (unpaired) electrons. The van der Waals surface area contributed by atoms with Crippen LogP contribution in [0.5, 0.6) is 0 Å². The van der Waals surface area contributed by atoms with Crippen molar-refractivity contribution in [2.24, 2.45) is 0 Å². The van der Waals surface area contributed by atoms with Crippen LogP contribution in [-0.4, -0.2) is 35.0 Å². The van der Waals surface area contributed by atoms with Crippen molar-refractivity contribution in [2.75, 3.05) is 23.7 Å². The number of carbonyl (C=O) groups excluding carboxylic acids is 1. The standard InChI is InChI=1S/C13H22BrN5O/c1-4-6-15-12-11(14)13(18-8-17-12)16-7-5-10(20)19-9(2)3/h8-9H,4-7H2,1-3H3,(H,19,20)(H2,15,16,17,18). The molecule has 0 unspecified atom stereocenters. The highest BCUT2D eigenvalue weighted by Crippen LogP contribution is 2.26. The molecule has 20 heavy (non-hydrogen) atoms. The highest BCUT2D eigenvalue weighted by Gasteiger charge is 2.09. The third kappa shape index (κ3) is 5.73. The Hall–Kier alpha value is -1.37. The van der Waals surface area contributed by atoms with Gasteiger partial charge in [-0.05, 0) is 36.2 Å². The van der Waals surface area contributed by atoms with Gasteiger partial charge >= 0.3 is 0 Å². The molecule has 1 amide bonds. The molecular weight excluding hydrogens is 322 g/mol. The van der Waals surface area contributed by atoms with Gasteiger partial charge in [0.05, 0.1) is 0 Å². The molecule has 3 N–H and O–H groups in total. The minimum absolute atomic E-state index is 0.0296. The van der Waals surface area contributed by atoms with E-state index >= 15 is 0 Å². The average Bonchev–Trinajstić information content (AvgIpc) is 2.38. The fourth-order valence-corrected chi connectivity index (χ4v) is 2.03. The van der Waals surface area contributed by atoms with Gasteiger partial charge in [-0.25, -0.2) is 9.97 Å². The van der Waals surface area contributed by atoms with Crippen LogP contribution in [0, 0.1) is 0 Å². The molecule has 6 nitrogen and oxygen atoms in total. The summed E-state index contributed by atoms with van der Waals surface area (Å²) in [5, 5.41) is 9.19. The molecule has 1 aromatic rings. The number of nitrogens with one attached hydrogen (secondary N) is 3. The normalized spacial score (nSPS) is 10.4. The molecule has 0 saturated heterocycles. The first-order valence-corrected chi connectivity index (χ1v) is 7.61. The van der Waals surface area contributed by atoms with Gasteiger partial charge in [-0.15, -0.1) is 0 Å². The van der Waals surface area contributed by atoms with Gasteiger partial charge in [-0.1, -0.05) is 6.92 Å². The maximum Gasteiger partial charge on any atom is 0.221 e. The number of amides is 1. The summed E-state index contributed by atoms with van der Waals surface area (Å²) in [5.74, 6) is 1.48. The third-order valence-electron chi connectivity index (χ3n) is 2.43. The lowest BCUT2D eigenvalue weighted by Gasteiger charge is -2.12. The molecule has 1 heterocycles. The van der Waals surface area contributed by atoms with Gasteiger partial charge < -0.3 is 16.0 Å². The minimum Gasteiger partial charge on any atom is -0.369 e. The molecule has 1 rings (SSSR count).